The first-order chi connectivity index (χ1) is 9.08. The lowest BCUT2D eigenvalue weighted by Gasteiger charge is -2.06. The summed E-state index contributed by atoms with van der Waals surface area (Å²) in [6.07, 6.45) is 0. The summed E-state index contributed by atoms with van der Waals surface area (Å²) >= 11 is 5.75. The van der Waals surface area contributed by atoms with E-state index in [2.05, 4.69) is 25.4 Å². The van der Waals surface area contributed by atoms with Gasteiger partial charge >= 0.3 is 6.01 Å². The molecule has 9 heteroatoms. The van der Waals surface area contributed by atoms with Gasteiger partial charge in [-0.25, -0.2) is 4.68 Å². The molecule has 0 fully saturated rings. The fourth-order valence-corrected chi connectivity index (χ4v) is 1.40. The van der Waals surface area contributed by atoms with Crippen molar-refractivity contribution in [3.63, 3.8) is 0 Å². The molecule has 0 aliphatic carbocycles. The summed E-state index contributed by atoms with van der Waals surface area (Å²) < 4.78 is 6.47. The van der Waals surface area contributed by atoms with Gasteiger partial charge in [-0.15, -0.1) is 5.10 Å². The molecule has 0 bridgehead atoms. The molecule has 1 N–H and O–H groups in total. The summed E-state index contributed by atoms with van der Waals surface area (Å²) in [5.74, 6) is 0.495. The molecule has 0 amide bonds. The van der Waals surface area contributed by atoms with Crippen molar-refractivity contribution >= 4 is 17.5 Å². The molecule has 0 saturated heterocycles. The summed E-state index contributed by atoms with van der Waals surface area (Å²) in [4.78, 5) is 22.9. The van der Waals surface area contributed by atoms with E-state index >= 15 is 0 Å². The molecule has 19 heavy (non-hydrogen) atoms. The number of rotatable bonds is 4. The van der Waals surface area contributed by atoms with Crippen LogP contribution in [0.4, 0.5) is 5.95 Å². The third-order valence-electron chi connectivity index (χ3n) is 2.05. The molecule has 0 radical (unpaired) electrons. The van der Waals surface area contributed by atoms with Crippen LogP contribution < -0.4 is 15.6 Å². The molecule has 0 aliphatic heterocycles. The molecule has 0 aromatic carbocycles. The molecule has 2 aromatic rings. The van der Waals surface area contributed by atoms with Crippen molar-refractivity contribution in [2.45, 2.75) is 6.92 Å². The zero-order valence-corrected chi connectivity index (χ0v) is 11.0. The van der Waals surface area contributed by atoms with Crippen molar-refractivity contribution < 1.29 is 4.74 Å². The Labute approximate surface area is 113 Å². The number of halogens is 1. The maximum atomic E-state index is 11.2. The lowest BCUT2D eigenvalue weighted by atomic mass is 10.5. The molecule has 2 heterocycles. The summed E-state index contributed by atoms with van der Waals surface area (Å²) in [7, 11) is 1.51. The smallest absolute Gasteiger partial charge is 0.329 e. The number of hydrogen-bond acceptors (Lipinski definition) is 7. The Balaban J connectivity index is 2.27. The van der Waals surface area contributed by atoms with Crippen LogP contribution in [0.3, 0.4) is 0 Å². The van der Waals surface area contributed by atoms with Gasteiger partial charge in [-0.3, -0.25) is 4.79 Å². The predicted molar refractivity (Wildman–Crippen MR) is 68.6 cm³/mol. The molecule has 0 spiro atoms. The Morgan fingerprint density at radius 2 is 2.16 bits per heavy atom. The maximum absolute atomic E-state index is 11.2. The first-order valence-corrected chi connectivity index (χ1v) is 5.84. The first-order valence-electron chi connectivity index (χ1n) is 5.46. The van der Waals surface area contributed by atoms with Crippen molar-refractivity contribution in [2.24, 2.45) is 7.05 Å². The Morgan fingerprint density at radius 3 is 2.84 bits per heavy atom. The van der Waals surface area contributed by atoms with Crippen molar-refractivity contribution in [1.29, 1.82) is 0 Å². The fourth-order valence-electron chi connectivity index (χ4n) is 1.24. The third kappa shape index (κ3) is 3.38. The van der Waals surface area contributed by atoms with Gasteiger partial charge in [0.25, 0.3) is 5.56 Å². The van der Waals surface area contributed by atoms with Crippen LogP contribution >= 0.6 is 11.6 Å². The first kappa shape index (κ1) is 13.2. The lowest BCUT2D eigenvalue weighted by Crippen LogP contribution is -2.18. The molecular formula is C10H11ClN6O2. The van der Waals surface area contributed by atoms with Crippen LogP contribution in [0.5, 0.6) is 11.9 Å². The topological polar surface area (TPSA) is 94.8 Å². The van der Waals surface area contributed by atoms with Gasteiger partial charge in [0.15, 0.2) is 0 Å². The van der Waals surface area contributed by atoms with E-state index in [1.807, 2.05) is 6.92 Å². The van der Waals surface area contributed by atoms with Crippen LogP contribution in [0.2, 0.25) is 5.28 Å². The minimum absolute atomic E-state index is 0.00194. The van der Waals surface area contributed by atoms with Crippen LogP contribution in [-0.2, 0) is 7.05 Å². The average molecular weight is 283 g/mol. The Morgan fingerprint density at radius 1 is 1.37 bits per heavy atom. The highest BCUT2D eigenvalue weighted by atomic mass is 35.5. The summed E-state index contributed by atoms with van der Waals surface area (Å²) in [6, 6.07) is 2.76. The van der Waals surface area contributed by atoms with E-state index in [4.69, 9.17) is 16.3 Å². The van der Waals surface area contributed by atoms with Crippen molar-refractivity contribution in [1.82, 2.24) is 24.7 Å². The highest BCUT2D eigenvalue weighted by Gasteiger charge is 2.08. The average Bonchev–Trinajstić information content (AvgIpc) is 2.33. The van der Waals surface area contributed by atoms with Gasteiger partial charge in [0.1, 0.15) is 0 Å². The lowest BCUT2D eigenvalue weighted by molar-refractivity contribution is 0.406. The monoisotopic (exact) mass is 282 g/mol. The van der Waals surface area contributed by atoms with Crippen molar-refractivity contribution in [2.75, 3.05) is 11.9 Å². The van der Waals surface area contributed by atoms with Crippen LogP contribution in [0.15, 0.2) is 16.9 Å². The highest BCUT2D eigenvalue weighted by Crippen LogP contribution is 2.16. The zero-order valence-electron chi connectivity index (χ0n) is 10.3. The standard InChI is InChI=1S/C10H11ClN6O2/c1-3-12-9-13-8(11)14-10(15-9)19-6-4-5-7(18)17(2)16-6/h4-5H,3H2,1-2H3,(H,12,13,14,15). The van der Waals surface area contributed by atoms with Crippen LogP contribution in [0.25, 0.3) is 0 Å². The van der Waals surface area contributed by atoms with E-state index in [-0.39, 0.29) is 22.7 Å². The summed E-state index contributed by atoms with van der Waals surface area (Å²) in [5, 5.41) is 6.79. The minimum Gasteiger partial charge on any atom is -0.403 e. The van der Waals surface area contributed by atoms with E-state index in [9.17, 15) is 4.79 Å². The summed E-state index contributed by atoms with van der Waals surface area (Å²) in [6.45, 7) is 2.53. The number of aromatic nitrogens is 5. The second-order valence-corrected chi connectivity index (χ2v) is 3.81. The van der Waals surface area contributed by atoms with E-state index < -0.39 is 0 Å². The molecule has 100 valence electrons. The Bertz CT molecular complexity index is 644. The molecular weight excluding hydrogens is 272 g/mol. The van der Waals surface area contributed by atoms with Gasteiger partial charge in [0, 0.05) is 25.7 Å². The highest BCUT2D eigenvalue weighted by molar-refractivity contribution is 6.28. The predicted octanol–water partition coefficient (Wildman–Crippen LogP) is 0.843. The van der Waals surface area contributed by atoms with Gasteiger partial charge in [0.2, 0.25) is 17.1 Å². The van der Waals surface area contributed by atoms with Crippen LogP contribution in [0.1, 0.15) is 6.92 Å². The number of nitrogens with one attached hydrogen (secondary N) is 1. The van der Waals surface area contributed by atoms with Crippen molar-refractivity contribution in [3.8, 4) is 11.9 Å². The van der Waals surface area contributed by atoms with Crippen molar-refractivity contribution in [3.05, 3.63) is 27.8 Å². The molecule has 0 saturated carbocycles. The number of nitrogens with zero attached hydrogens (tertiary/aromatic N) is 5. The van der Waals surface area contributed by atoms with Gasteiger partial charge in [-0.1, -0.05) is 0 Å². The van der Waals surface area contributed by atoms with Gasteiger partial charge in [-0.05, 0) is 18.5 Å². The molecule has 8 nitrogen and oxygen atoms in total. The number of aryl methyl sites for hydroxylation is 1. The Kier molecular flexibility index (Phi) is 3.91. The van der Waals surface area contributed by atoms with E-state index in [0.717, 1.165) is 4.68 Å². The number of anilines is 1. The molecule has 2 rings (SSSR count). The zero-order chi connectivity index (χ0) is 13.8. The largest absolute Gasteiger partial charge is 0.403 e. The number of ether oxygens (including phenoxy) is 1. The number of hydrogen-bond donors (Lipinski definition) is 1. The van der Waals surface area contributed by atoms with Crippen LogP contribution in [0, 0.1) is 0 Å². The van der Waals surface area contributed by atoms with E-state index in [1.165, 1.54) is 19.2 Å². The minimum atomic E-state index is -0.241. The van der Waals surface area contributed by atoms with Gasteiger partial charge in [0.05, 0.1) is 0 Å². The normalized spacial score (nSPS) is 10.3. The fraction of sp³-hybridized carbons (Fsp3) is 0.300. The molecule has 0 atom stereocenters. The van der Waals surface area contributed by atoms with E-state index in [0.29, 0.717) is 12.5 Å². The van der Waals surface area contributed by atoms with E-state index in [1.54, 1.807) is 0 Å². The molecule has 2 aromatic heterocycles. The third-order valence-corrected chi connectivity index (χ3v) is 2.22. The maximum Gasteiger partial charge on any atom is 0.329 e. The van der Waals surface area contributed by atoms with Crippen LogP contribution in [-0.4, -0.2) is 31.3 Å². The summed E-state index contributed by atoms with van der Waals surface area (Å²) in [5.41, 5.74) is -0.241. The quantitative estimate of drug-likeness (QED) is 0.888. The Hall–Kier alpha value is -2.22. The van der Waals surface area contributed by atoms with Gasteiger partial charge in [-0.2, -0.15) is 15.0 Å². The molecule has 0 aliphatic rings. The molecule has 0 unspecified atom stereocenters. The second kappa shape index (κ2) is 5.61. The second-order valence-electron chi connectivity index (χ2n) is 3.48. The van der Waals surface area contributed by atoms with Gasteiger partial charge < -0.3 is 10.1 Å². The SMILES string of the molecule is CCNc1nc(Cl)nc(Oc2ccc(=O)n(C)n2)n1.